The standard InChI is InChI=1S/C14H20FN.ClH/c1-3-14(6-7-14)10-16-9-12-5-4-11(2)13(15)8-12;/h4-5,8,16H,3,6-7,9-10H2,1-2H3;1H. The lowest BCUT2D eigenvalue weighted by Gasteiger charge is -2.13. The molecular formula is C14H21ClFN. The molecule has 0 saturated heterocycles. The van der Waals surface area contributed by atoms with Crippen LogP contribution in [-0.4, -0.2) is 6.54 Å². The Morgan fingerprint density at radius 3 is 2.59 bits per heavy atom. The summed E-state index contributed by atoms with van der Waals surface area (Å²) in [4.78, 5) is 0. The summed E-state index contributed by atoms with van der Waals surface area (Å²) in [6, 6.07) is 5.48. The highest BCUT2D eigenvalue weighted by Gasteiger charge is 2.39. The predicted octanol–water partition coefficient (Wildman–Crippen LogP) is 3.84. The van der Waals surface area contributed by atoms with Crippen LogP contribution in [0, 0.1) is 18.2 Å². The zero-order chi connectivity index (χ0) is 11.6. The molecule has 1 saturated carbocycles. The Bertz CT molecular complexity index is 374. The van der Waals surface area contributed by atoms with Gasteiger partial charge < -0.3 is 5.32 Å². The van der Waals surface area contributed by atoms with Gasteiger partial charge in [0.15, 0.2) is 0 Å². The lowest BCUT2D eigenvalue weighted by Crippen LogP contribution is -2.23. The van der Waals surface area contributed by atoms with Crippen molar-refractivity contribution in [1.82, 2.24) is 5.32 Å². The summed E-state index contributed by atoms with van der Waals surface area (Å²) in [6.45, 7) is 5.89. The molecule has 1 fully saturated rings. The molecule has 0 aliphatic heterocycles. The third kappa shape index (κ3) is 3.68. The monoisotopic (exact) mass is 257 g/mol. The molecule has 0 aromatic heterocycles. The van der Waals surface area contributed by atoms with Gasteiger partial charge in [-0.15, -0.1) is 12.4 Å². The van der Waals surface area contributed by atoms with Crippen molar-refractivity contribution in [2.45, 2.75) is 39.7 Å². The number of halogens is 2. The minimum Gasteiger partial charge on any atom is -0.312 e. The first kappa shape index (κ1) is 14.5. The second kappa shape index (κ2) is 5.83. The van der Waals surface area contributed by atoms with Crippen molar-refractivity contribution in [3.63, 3.8) is 0 Å². The molecule has 0 radical (unpaired) electrons. The number of rotatable bonds is 5. The van der Waals surface area contributed by atoms with E-state index in [0.717, 1.165) is 24.2 Å². The average Bonchev–Trinajstić information content (AvgIpc) is 3.04. The molecule has 0 heterocycles. The normalized spacial score (nSPS) is 16.4. The van der Waals surface area contributed by atoms with E-state index in [0.29, 0.717) is 5.41 Å². The van der Waals surface area contributed by atoms with Crippen LogP contribution >= 0.6 is 12.4 Å². The minimum atomic E-state index is -0.101. The van der Waals surface area contributed by atoms with Crippen LogP contribution in [0.15, 0.2) is 18.2 Å². The van der Waals surface area contributed by atoms with E-state index < -0.39 is 0 Å². The van der Waals surface area contributed by atoms with Crippen LogP contribution in [0.5, 0.6) is 0 Å². The summed E-state index contributed by atoms with van der Waals surface area (Å²) in [5.74, 6) is -0.101. The number of hydrogen-bond acceptors (Lipinski definition) is 1. The topological polar surface area (TPSA) is 12.0 Å². The van der Waals surface area contributed by atoms with Gasteiger partial charge in [-0.3, -0.25) is 0 Å². The van der Waals surface area contributed by atoms with Crippen molar-refractivity contribution in [3.05, 3.63) is 35.1 Å². The Hall–Kier alpha value is -0.600. The Kier molecular flexibility index (Phi) is 4.96. The van der Waals surface area contributed by atoms with Crippen LogP contribution in [0.2, 0.25) is 0 Å². The molecular weight excluding hydrogens is 237 g/mol. The fourth-order valence-electron chi connectivity index (χ4n) is 2.05. The molecule has 96 valence electrons. The Morgan fingerprint density at radius 1 is 1.35 bits per heavy atom. The summed E-state index contributed by atoms with van der Waals surface area (Å²) in [7, 11) is 0. The molecule has 1 nitrogen and oxygen atoms in total. The smallest absolute Gasteiger partial charge is 0.126 e. The maximum Gasteiger partial charge on any atom is 0.126 e. The van der Waals surface area contributed by atoms with Crippen LogP contribution < -0.4 is 5.32 Å². The van der Waals surface area contributed by atoms with Gasteiger partial charge in [0.05, 0.1) is 0 Å². The van der Waals surface area contributed by atoms with Gasteiger partial charge in [-0.05, 0) is 48.8 Å². The average molecular weight is 258 g/mol. The van der Waals surface area contributed by atoms with Crippen LogP contribution in [-0.2, 0) is 6.54 Å². The van der Waals surface area contributed by atoms with Gasteiger partial charge in [0.25, 0.3) is 0 Å². The second-order valence-electron chi connectivity index (χ2n) is 5.04. The Labute approximate surface area is 109 Å². The molecule has 0 amide bonds. The number of hydrogen-bond donors (Lipinski definition) is 1. The molecule has 1 N–H and O–H groups in total. The van der Waals surface area contributed by atoms with E-state index in [-0.39, 0.29) is 18.2 Å². The highest BCUT2D eigenvalue weighted by atomic mass is 35.5. The van der Waals surface area contributed by atoms with Crippen molar-refractivity contribution in [3.8, 4) is 0 Å². The van der Waals surface area contributed by atoms with Gasteiger partial charge in [0, 0.05) is 13.1 Å². The molecule has 0 atom stereocenters. The molecule has 1 aromatic rings. The van der Waals surface area contributed by atoms with E-state index in [1.807, 2.05) is 12.1 Å². The molecule has 0 spiro atoms. The van der Waals surface area contributed by atoms with E-state index in [1.165, 1.54) is 19.3 Å². The molecule has 3 heteroatoms. The maximum atomic E-state index is 13.3. The fraction of sp³-hybridized carbons (Fsp3) is 0.571. The van der Waals surface area contributed by atoms with Gasteiger partial charge in [-0.1, -0.05) is 19.1 Å². The number of benzene rings is 1. The molecule has 1 aliphatic rings. The summed E-state index contributed by atoms with van der Waals surface area (Å²) in [5.41, 5.74) is 2.31. The van der Waals surface area contributed by atoms with Crippen LogP contribution in [0.1, 0.15) is 37.3 Å². The van der Waals surface area contributed by atoms with Gasteiger partial charge in [0.2, 0.25) is 0 Å². The minimum absolute atomic E-state index is 0. The zero-order valence-corrected chi connectivity index (χ0v) is 11.4. The SMILES string of the molecule is CCC1(CNCc2ccc(C)c(F)c2)CC1.Cl. The van der Waals surface area contributed by atoms with Gasteiger partial charge in [-0.2, -0.15) is 0 Å². The molecule has 0 bridgehead atoms. The Morgan fingerprint density at radius 2 is 2.06 bits per heavy atom. The van der Waals surface area contributed by atoms with Crippen LogP contribution in [0.25, 0.3) is 0 Å². The zero-order valence-electron chi connectivity index (χ0n) is 10.6. The number of nitrogens with one attached hydrogen (secondary N) is 1. The highest BCUT2D eigenvalue weighted by molar-refractivity contribution is 5.85. The third-order valence-corrected chi connectivity index (χ3v) is 3.77. The van der Waals surface area contributed by atoms with Crippen molar-refractivity contribution in [2.75, 3.05) is 6.54 Å². The molecule has 1 aliphatic carbocycles. The van der Waals surface area contributed by atoms with Crippen molar-refractivity contribution in [2.24, 2.45) is 5.41 Å². The summed E-state index contributed by atoms with van der Waals surface area (Å²) in [5, 5.41) is 3.44. The first-order chi connectivity index (χ1) is 7.65. The van der Waals surface area contributed by atoms with E-state index in [9.17, 15) is 4.39 Å². The van der Waals surface area contributed by atoms with E-state index in [1.54, 1.807) is 13.0 Å². The van der Waals surface area contributed by atoms with Crippen molar-refractivity contribution in [1.29, 1.82) is 0 Å². The largest absolute Gasteiger partial charge is 0.312 e. The van der Waals surface area contributed by atoms with E-state index in [4.69, 9.17) is 0 Å². The van der Waals surface area contributed by atoms with Crippen LogP contribution in [0.3, 0.4) is 0 Å². The molecule has 2 rings (SSSR count). The van der Waals surface area contributed by atoms with Gasteiger partial charge >= 0.3 is 0 Å². The lowest BCUT2D eigenvalue weighted by atomic mass is 10.0. The van der Waals surface area contributed by atoms with Gasteiger partial charge in [-0.25, -0.2) is 4.39 Å². The van der Waals surface area contributed by atoms with Crippen molar-refractivity contribution >= 4 is 12.4 Å². The van der Waals surface area contributed by atoms with Gasteiger partial charge in [0.1, 0.15) is 5.82 Å². The summed E-state index contributed by atoms with van der Waals surface area (Å²) in [6.07, 6.45) is 3.94. The third-order valence-electron chi connectivity index (χ3n) is 3.77. The van der Waals surface area contributed by atoms with Crippen LogP contribution in [0.4, 0.5) is 4.39 Å². The molecule has 17 heavy (non-hydrogen) atoms. The first-order valence-electron chi connectivity index (χ1n) is 6.11. The van der Waals surface area contributed by atoms with E-state index in [2.05, 4.69) is 12.2 Å². The second-order valence-corrected chi connectivity index (χ2v) is 5.04. The predicted molar refractivity (Wildman–Crippen MR) is 72.0 cm³/mol. The first-order valence-corrected chi connectivity index (χ1v) is 6.11. The summed E-state index contributed by atoms with van der Waals surface area (Å²) >= 11 is 0. The van der Waals surface area contributed by atoms with E-state index >= 15 is 0 Å². The number of aryl methyl sites for hydroxylation is 1. The Balaban J connectivity index is 0.00000144. The van der Waals surface area contributed by atoms with Crippen molar-refractivity contribution < 1.29 is 4.39 Å². The fourth-order valence-corrected chi connectivity index (χ4v) is 2.05. The molecule has 0 unspecified atom stereocenters. The quantitative estimate of drug-likeness (QED) is 0.845. The maximum absolute atomic E-state index is 13.3. The summed E-state index contributed by atoms with van der Waals surface area (Å²) < 4.78 is 13.3. The lowest BCUT2D eigenvalue weighted by molar-refractivity contribution is 0.443. The highest BCUT2D eigenvalue weighted by Crippen LogP contribution is 2.47. The molecule has 1 aromatic carbocycles.